The van der Waals surface area contributed by atoms with Gasteiger partial charge in [-0.1, -0.05) is 17.7 Å². The second kappa shape index (κ2) is 12.1. The zero-order chi connectivity index (χ0) is 21.5. The van der Waals surface area contributed by atoms with E-state index in [1.54, 1.807) is 28.4 Å². The highest BCUT2D eigenvalue weighted by Gasteiger charge is 2.23. The van der Waals surface area contributed by atoms with Crippen molar-refractivity contribution in [1.82, 2.24) is 10.6 Å². The van der Waals surface area contributed by atoms with E-state index in [0.29, 0.717) is 24.1 Å². The highest BCUT2D eigenvalue weighted by molar-refractivity contribution is 14.0. The summed E-state index contributed by atoms with van der Waals surface area (Å²) in [5.41, 5.74) is 2.09. The number of benzene rings is 2. The summed E-state index contributed by atoms with van der Waals surface area (Å²) in [6, 6.07) is 12.0. The fourth-order valence-electron chi connectivity index (χ4n) is 3.58. The summed E-state index contributed by atoms with van der Waals surface area (Å²) >= 11 is 6.13. The fraction of sp³-hybridized carbons (Fsp3) is 0.409. The van der Waals surface area contributed by atoms with Crippen LogP contribution in [0.4, 0.5) is 5.69 Å². The molecule has 0 amide bonds. The summed E-state index contributed by atoms with van der Waals surface area (Å²) in [6.45, 7) is 2.40. The van der Waals surface area contributed by atoms with E-state index in [-0.39, 0.29) is 24.0 Å². The molecule has 1 saturated heterocycles. The molecule has 1 unspecified atom stereocenters. The normalized spacial score (nSPS) is 15.8. The molecule has 1 atom stereocenters. The summed E-state index contributed by atoms with van der Waals surface area (Å²) in [5, 5.41) is 7.62. The second-order valence-corrected chi connectivity index (χ2v) is 7.44. The minimum absolute atomic E-state index is 0. The van der Waals surface area contributed by atoms with Crippen molar-refractivity contribution in [1.29, 1.82) is 0 Å². The van der Waals surface area contributed by atoms with Crippen molar-refractivity contribution >= 4 is 47.2 Å². The van der Waals surface area contributed by atoms with Gasteiger partial charge in [0.1, 0.15) is 5.75 Å². The molecule has 0 aromatic heterocycles. The van der Waals surface area contributed by atoms with Gasteiger partial charge in [0.05, 0.1) is 21.3 Å². The van der Waals surface area contributed by atoms with Crippen molar-refractivity contribution in [3.63, 3.8) is 0 Å². The lowest BCUT2D eigenvalue weighted by Crippen LogP contribution is -2.44. The first-order chi connectivity index (χ1) is 14.6. The maximum absolute atomic E-state index is 6.13. The molecule has 0 saturated carbocycles. The quantitative estimate of drug-likeness (QED) is 0.304. The number of hydrogen-bond acceptors (Lipinski definition) is 5. The lowest BCUT2D eigenvalue weighted by atomic mass is 10.1. The average Bonchev–Trinajstić information content (AvgIpc) is 3.24. The van der Waals surface area contributed by atoms with Crippen LogP contribution in [0.3, 0.4) is 0 Å². The summed E-state index contributed by atoms with van der Waals surface area (Å²) < 4.78 is 16.3. The summed E-state index contributed by atoms with van der Waals surface area (Å²) in [5.74, 6) is 2.76. The molecule has 0 aliphatic carbocycles. The predicted octanol–water partition coefficient (Wildman–Crippen LogP) is 3.93. The number of methoxy groups -OCH3 is 3. The van der Waals surface area contributed by atoms with Gasteiger partial charge in [-0.2, -0.15) is 0 Å². The van der Waals surface area contributed by atoms with Gasteiger partial charge in [0.2, 0.25) is 0 Å². The van der Waals surface area contributed by atoms with Gasteiger partial charge in [-0.25, -0.2) is 0 Å². The predicted molar refractivity (Wildman–Crippen MR) is 137 cm³/mol. The largest absolute Gasteiger partial charge is 0.496 e. The number of hydrogen-bond donors (Lipinski definition) is 2. The maximum Gasteiger partial charge on any atom is 0.191 e. The number of anilines is 1. The smallest absolute Gasteiger partial charge is 0.191 e. The Morgan fingerprint density at radius 3 is 2.45 bits per heavy atom. The molecular formula is C22H30ClIN4O3. The van der Waals surface area contributed by atoms with E-state index in [0.717, 1.165) is 47.5 Å². The minimum Gasteiger partial charge on any atom is -0.496 e. The molecule has 2 N–H and O–H groups in total. The number of rotatable bonds is 7. The van der Waals surface area contributed by atoms with E-state index in [4.69, 9.17) is 25.8 Å². The number of nitrogens with zero attached hydrogens (tertiary/aromatic N) is 2. The summed E-state index contributed by atoms with van der Waals surface area (Å²) in [6.07, 6.45) is 1.02. The van der Waals surface area contributed by atoms with Crippen LogP contribution < -0.4 is 29.7 Å². The Balaban J connectivity index is 0.00000341. The second-order valence-electron chi connectivity index (χ2n) is 7.00. The topological polar surface area (TPSA) is 67.4 Å². The van der Waals surface area contributed by atoms with Crippen LogP contribution in [0.15, 0.2) is 41.4 Å². The van der Waals surface area contributed by atoms with Crippen LogP contribution >= 0.6 is 35.6 Å². The standard InChI is InChI=1S/C22H29ClN4O3.HI/c1-24-22(25-13-15-10-20(29-3)21(30-4)12-19(15)28-2)26-17-8-9-27(14-17)18-7-5-6-16(23)11-18;/h5-7,10-12,17H,8-9,13-14H2,1-4H3,(H2,24,25,26);1H. The number of guanidine groups is 1. The molecule has 2 aromatic rings. The van der Waals surface area contributed by atoms with Gasteiger partial charge in [0, 0.05) is 55.1 Å². The molecule has 1 fully saturated rings. The minimum atomic E-state index is 0. The van der Waals surface area contributed by atoms with E-state index in [2.05, 4.69) is 26.6 Å². The number of aliphatic imine (C=N–C) groups is 1. The molecule has 1 aliphatic heterocycles. The molecule has 0 radical (unpaired) electrons. The summed E-state index contributed by atoms with van der Waals surface area (Å²) in [7, 11) is 6.63. The Hall–Kier alpha value is -2.07. The molecule has 0 bridgehead atoms. The third-order valence-corrected chi connectivity index (χ3v) is 5.39. The van der Waals surface area contributed by atoms with Gasteiger partial charge < -0.3 is 29.7 Å². The van der Waals surface area contributed by atoms with Gasteiger partial charge in [-0.05, 0) is 30.7 Å². The first kappa shape index (κ1) is 25.2. The SMILES string of the molecule is CN=C(NCc1cc(OC)c(OC)cc1OC)NC1CCN(c2cccc(Cl)c2)C1.I. The van der Waals surface area contributed by atoms with Gasteiger partial charge in [-0.15, -0.1) is 24.0 Å². The Labute approximate surface area is 206 Å². The molecule has 3 rings (SSSR count). The molecule has 0 spiro atoms. The van der Waals surface area contributed by atoms with Crippen molar-refractivity contribution in [2.45, 2.75) is 19.0 Å². The molecule has 170 valence electrons. The third-order valence-electron chi connectivity index (χ3n) is 5.16. The zero-order valence-electron chi connectivity index (χ0n) is 18.3. The molecule has 1 heterocycles. The van der Waals surface area contributed by atoms with Crippen molar-refractivity contribution < 1.29 is 14.2 Å². The molecular weight excluding hydrogens is 531 g/mol. The van der Waals surface area contributed by atoms with Crippen LogP contribution in [-0.4, -0.2) is 53.5 Å². The Morgan fingerprint density at radius 1 is 1.10 bits per heavy atom. The zero-order valence-corrected chi connectivity index (χ0v) is 21.4. The number of ether oxygens (including phenoxy) is 3. The van der Waals surface area contributed by atoms with Gasteiger partial charge in [0.15, 0.2) is 17.5 Å². The van der Waals surface area contributed by atoms with Crippen molar-refractivity contribution in [3.8, 4) is 17.2 Å². The van der Waals surface area contributed by atoms with E-state index in [1.165, 1.54) is 0 Å². The molecule has 31 heavy (non-hydrogen) atoms. The van der Waals surface area contributed by atoms with Crippen LogP contribution in [-0.2, 0) is 6.54 Å². The van der Waals surface area contributed by atoms with Crippen LogP contribution in [0.1, 0.15) is 12.0 Å². The molecule has 7 nitrogen and oxygen atoms in total. The highest BCUT2D eigenvalue weighted by Crippen LogP contribution is 2.34. The molecule has 1 aliphatic rings. The van der Waals surface area contributed by atoms with E-state index < -0.39 is 0 Å². The van der Waals surface area contributed by atoms with Gasteiger partial charge in [-0.3, -0.25) is 4.99 Å². The Morgan fingerprint density at radius 2 is 1.81 bits per heavy atom. The summed E-state index contributed by atoms with van der Waals surface area (Å²) in [4.78, 5) is 6.70. The van der Waals surface area contributed by atoms with E-state index >= 15 is 0 Å². The number of nitrogens with one attached hydrogen (secondary N) is 2. The van der Waals surface area contributed by atoms with Crippen LogP contribution in [0, 0.1) is 0 Å². The number of halogens is 2. The Bertz CT molecular complexity index is 897. The first-order valence-electron chi connectivity index (χ1n) is 9.84. The average molecular weight is 561 g/mol. The monoisotopic (exact) mass is 560 g/mol. The highest BCUT2D eigenvalue weighted by atomic mass is 127. The van der Waals surface area contributed by atoms with E-state index in [9.17, 15) is 0 Å². The van der Waals surface area contributed by atoms with Crippen molar-refractivity contribution in [2.24, 2.45) is 4.99 Å². The van der Waals surface area contributed by atoms with Crippen LogP contribution in [0.25, 0.3) is 0 Å². The van der Waals surface area contributed by atoms with Crippen molar-refractivity contribution in [3.05, 3.63) is 47.0 Å². The third kappa shape index (κ3) is 6.46. The van der Waals surface area contributed by atoms with Crippen LogP contribution in [0.5, 0.6) is 17.2 Å². The lowest BCUT2D eigenvalue weighted by Gasteiger charge is -2.21. The van der Waals surface area contributed by atoms with Gasteiger partial charge in [0.25, 0.3) is 0 Å². The maximum atomic E-state index is 6.13. The Kier molecular flexibility index (Phi) is 9.83. The lowest BCUT2D eigenvalue weighted by molar-refractivity contribution is 0.347. The van der Waals surface area contributed by atoms with Gasteiger partial charge >= 0.3 is 0 Å². The van der Waals surface area contributed by atoms with Crippen LogP contribution in [0.2, 0.25) is 5.02 Å². The van der Waals surface area contributed by atoms with E-state index in [1.807, 2.05) is 30.3 Å². The fourth-order valence-corrected chi connectivity index (χ4v) is 3.77. The van der Waals surface area contributed by atoms with Crippen molar-refractivity contribution in [2.75, 3.05) is 46.4 Å². The molecule has 9 heteroatoms. The first-order valence-corrected chi connectivity index (χ1v) is 10.2. The molecule has 2 aromatic carbocycles.